The fraction of sp³-hybridized carbons (Fsp3) is 0.556. The van der Waals surface area contributed by atoms with Crippen molar-refractivity contribution < 1.29 is 13.5 Å². The van der Waals surface area contributed by atoms with Gasteiger partial charge in [-0.25, -0.2) is 12.7 Å². The number of rotatable bonds is 5. The number of sulfonamides is 1. The third kappa shape index (κ3) is 2.84. The minimum atomic E-state index is -3.44. The van der Waals surface area contributed by atoms with Crippen molar-refractivity contribution in [1.29, 1.82) is 0 Å². The summed E-state index contributed by atoms with van der Waals surface area (Å²) in [4.78, 5) is 0.868. The lowest BCUT2D eigenvalue weighted by molar-refractivity contribution is 0.285. The summed E-state index contributed by atoms with van der Waals surface area (Å²) in [5, 5.41) is 8.96. The van der Waals surface area contributed by atoms with Crippen molar-refractivity contribution in [2.45, 2.75) is 24.8 Å². The minimum absolute atomic E-state index is 0.143. The highest BCUT2D eigenvalue weighted by atomic mass is 79.9. The summed E-state index contributed by atoms with van der Waals surface area (Å²) in [6.45, 7) is 2.27. The Morgan fingerprint density at radius 3 is 2.62 bits per heavy atom. The summed E-state index contributed by atoms with van der Waals surface area (Å²) >= 11 is 4.45. The molecule has 0 bridgehead atoms. The fourth-order valence-corrected chi connectivity index (χ4v) is 5.01. The molecule has 0 saturated carbocycles. The molecule has 1 aromatic heterocycles. The molecule has 0 spiro atoms. The Labute approximate surface area is 108 Å². The molecule has 1 aromatic rings. The van der Waals surface area contributed by atoms with Gasteiger partial charge in [-0.2, -0.15) is 0 Å². The van der Waals surface area contributed by atoms with Gasteiger partial charge in [0, 0.05) is 18.5 Å². The second-order valence-corrected chi connectivity index (χ2v) is 7.80. The van der Waals surface area contributed by atoms with Gasteiger partial charge in [-0.15, -0.1) is 11.3 Å². The molecule has 1 rings (SSSR count). The normalized spacial score (nSPS) is 12.3. The average Bonchev–Trinajstić information content (AvgIpc) is 2.60. The molecule has 16 heavy (non-hydrogen) atoms. The molecule has 0 saturated heterocycles. The lowest BCUT2D eigenvalue weighted by Crippen LogP contribution is -2.27. The third-order valence-corrected chi connectivity index (χ3v) is 6.18. The first kappa shape index (κ1) is 14.1. The molecule has 1 heterocycles. The van der Waals surface area contributed by atoms with Crippen LogP contribution in [0.1, 0.15) is 18.2 Å². The Morgan fingerprint density at radius 2 is 2.19 bits per heavy atom. The molecular formula is C9H14BrNO3S2. The van der Waals surface area contributed by atoms with Crippen LogP contribution in [-0.2, 0) is 16.6 Å². The van der Waals surface area contributed by atoms with E-state index in [-0.39, 0.29) is 11.5 Å². The van der Waals surface area contributed by atoms with E-state index < -0.39 is 10.0 Å². The highest BCUT2D eigenvalue weighted by Gasteiger charge is 2.24. The van der Waals surface area contributed by atoms with Crippen LogP contribution in [0.5, 0.6) is 0 Å². The van der Waals surface area contributed by atoms with Crippen LogP contribution in [0.2, 0.25) is 0 Å². The molecule has 4 nitrogen and oxygen atoms in total. The first-order chi connectivity index (χ1) is 7.43. The van der Waals surface area contributed by atoms with Crippen LogP contribution in [0.4, 0.5) is 0 Å². The number of hydrogen-bond acceptors (Lipinski definition) is 4. The van der Waals surface area contributed by atoms with Crippen molar-refractivity contribution in [2.75, 3.05) is 13.6 Å². The van der Waals surface area contributed by atoms with Crippen LogP contribution >= 0.6 is 27.3 Å². The molecular weight excluding hydrogens is 314 g/mol. The largest absolute Gasteiger partial charge is 0.391 e. The highest BCUT2D eigenvalue weighted by Crippen LogP contribution is 2.33. The van der Waals surface area contributed by atoms with Crippen molar-refractivity contribution in [3.05, 3.63) is 14.7 Å². The second kappa shape index (κ2) is 5.59. The zero-order valence-electron chi connectivity index (χ0n) is 9.10. The third-order valence-electron chi connectivity index (χ3n) is 2.09. The molecule has 0 aliphatic carbocycles. The van der Waals surface area contributed by atoms with Gasteiger partial charge in [0.15, 0.2) is 0 Å². The van der Waals surface area contributed by atoms with Crippen molar-refractivity contribution in [1.82, 2.24) is 4.31 Å². The molecule has 0 aliphatic heterocycles. The predicted molar refractivity (Wildman–Crippen MR) is 68.0 cm³/mol. The maximum atomic E-state index is 12.1. The summed E-state index contributed by atoms with van der Waals surface area (Å²) in [6.07, 6.45) is 0.768. The Morgan fingerprint density at radius 1 is 1.56 bits per heavy atom. The Balaban J connectivity index is 3.11. The minimum Gasteiger partial charge on any atom is -0.391 e. The van der Waals surface area contributed by atoms with E-state index in [2.05, 4.69) is 15.9 Å². The van der Waals surface area contributed by atoms with Gasteiger partial charge in [0.05, 0.1) is 10.4 Å². The van der Waals surface area contributed by atoms with E-state index in [1.54, 1.807) is 7.05 Å². The number of hydrogen-bond donors (Lipinski definition) is 1. The monoisotopic (exact) mass is 327 g/mol. The van der Waals surface area contributed by atoms with Gasteiger partial charge in [-0.3, -0.25) is 0 Å². The molecule has 1 N–H and O–H groups in total. The predicted octanol–water partition coefficient (Wildman–Crippen LogP) is 2.03. The zero-order valence-corrected chi connectivity index (χ0v) is 12.3. The van der Waals surface area contributed by atoms with Gasteiger partial charge in [0.2, 0.25) is 10.0 Å². The van der Waals surface area contributed by atoms with E-state index >= 15 is 0 Å². The first-order valence-corrected chi connectivity index (χ1v) is 7.83. The molecule has 92 valence electrons. The van der Waals surface area contributed by atoms with Crippen molar-refractivity contribution in [2.24, 2.45) is 0 Å². The van der Waals surface area contributed by atoms with Crippen LogP contribution in [0, 0.1) is 0 Å². The quantitative estimate of drug-likeness (QED) is 0.900. The summed E-state index contributed by atoms with van der Waals surface area (Å²) in [7, 11) is -1.88. The molecule has 0 fully saturated rings. The van der Waals surface area contributed by atoms with Crippen LogP contribution < -0.4 is 0 Å². The van der Waals surface area contributed by atoms with Crippen LogP contribution in [0.3, 0.4) is 0 Å². The van der Waals surface area contributed by atoms with Gasteiger partial charge in [0.1, 0.15) is 4.90 Å². The number of halogens is 1. The molecule has 0 radical (unpaired) electrons. The van der Waals surface area contributed by atoms with Gasteiger partial charge in [-0.05, 0) is 28.4 Å². The van der Waals surface area contributed by atoms with Gasteiger partial charge in [-0.1, -0.05) is 6.92 Å². The summed E-state index contributed by atoms with van der Waals surface area (Å²) < 4.78 is 26.0. The molecule has 0 atom stereocenters. The van der Waals surface area contributed by atoms with E-state index in [9.17, 15) is 8.42 Å². The molecule has 0 unspecified atom stereocenters. The van der Waals surface area contributed by atoms with Crippen molar-refractivity contribution in [3.8, 4) is 0 Å². The second-order valence-electron chi connectivity index (χ2n) is 3.34. The Hall–Kier alpha value is 0.0500. The Kier molecular flexibility index (Phi) is 4.93. The topological polar surface area (TPSA) is 57.6 Å². The van der Waals surface area contributed by atoms with Gasteiger partial charge < -0.3 is 5.11 Å². The number of aliphatic hydroxyl groups excluding tert-OH is 1. The standard InChI is InChI=1S/C9H14BrNO3S2/c1-3-4-11(2)16(13,14)8-5-7(6-12)15-9(8)10/h5,12H,3-4,6H2,1-2H3. The van der Waals surface area contributed by atoms with Crippen LogP contribution in [-0.4, -0.2) is 31.4 Å². The molecule has 0 amide bonds. The molecule has 0 aliphatic rings. The fourth-order valence-electron chi connectivity index (χ4n) is 1.25. The number of thiophene rings is 1. The van der Waals surface area contributed by atoms with E-state index in [4.69, 9.17) is 5.11 Å². The van der Waals surface area contributed by atoms with Crippen LogP contribution in [0.15, 0.2) is 14.7 Å². The SMILES string of the molecule is CCCN(C)S(=O)(=O)c1cc(CO)sc1Br. The van der Waals surface area contributed by atoms with E-state index in [1.807, 2.05) is 6.92 Å². The van der Waals surface area contributed by atoms with E-state index in [0.29, 0.717) is 15.2 Å². The van der Waals surface area contributed by atoms with Gasteiger partial charge >= 0.3 is 0 Å². The van der Waals surface area contributed by atoms with E-state index in [0.717, 1.165) is 6.42 Å². The summed E-state index contributed by atoms with van der Waals surface area (Å²) in [5.74, 6) is 0. The van der Waals surface area contributed by atoms with Crippen LogP contribution in [0.25, 0.3) is 0 Å². The molecule has 0 aromatic carbocycles. The first-order valence-electron chi connectivity index (χ1n) is 4.78. The summed E-state index contributed by atoms with van der Waals surface area (Å²) in [6, 6.07) is 1.51. The molecule has 7 heteroatoms. The summed E-state index contributed by atoms with van der Waals surface area (Å²) in [5.41, 5.74) is 0. The highest BCUT2D eigenvalue weighted by molar-refractivity contribution is 9.11. The van der Waals surface area contributed by atoms with Crippen molar-refractivity contribution >= 4 is 37.3 Å². The Bertz CT molecular complexity index is 455. The maximum absolute atomic E-state index is 12.1. The maximum Gasteiger partial charge on any atom is 0.244 e. The van der Waals surface area contributed by atoms with Crippen molar-refractivity contribution in [3.63, 3.8) is 0 Å². The zero-order chi connectivity index (χ0) is 12.3. The number of aliphatic hydroxyl groups is 1. The lowest BCUT2D eigenvalue weighted by atomic mass is 10.5. The van der Waals surface area contributed by atoms with Gasteiger partial charge in [0.25, 0.3) is 0 Å². The number of nitrogens with zero attached hydrogens (tertiary/aromatic N) is 1. The smallest absolute Gasteiger partial charge is 0.244 e. The average molecular weight is 328 g/mol. The lowest BCUT2D eigenvalue weighted by Gasteiger charge is -2.15. The van der Waals surface area contributed by atoms with E-state index in [1.165, 1.54) is 21.7 Å².